The van der Waals surface area contributed by atoms with E-state index in [1.807, 2.05) is 40.4 Å². The normalized spacial score (nSPS) is 18.4. The molecule has 2 fully saturated rings. The van der Waals surface area contributed by atoms with Crippen LogP contribution in [0.4, 0.5) is 5.69 Å². The van der Waals surface area contributed by atoms with Crippen LogP contribution in [0.2, 0.25) is 0 Å². The third kappa shape index (κ3) is 5.03. The van der Waals surface area contributed by atoms with Gasteiger partial charge in [-0.1, -0.05) is 42.5 Å². The summed E-state index contributed by atoms with van der Waals surface area (Å²) in [6, 6.07) is 20.8. The van der Waals surface area contributed by atoms with E-state index < -0.39 is 0 Å². The van der Waals surface area contributed by atoms with E-state index in [0.717, 1.165) is 55.1 Å². The van der Waals surface area contributed by atoms with Crippen LogP contribution in [-0.2, 0) is 30.2 Å². The van der Waals surface area contributed by atoms with Crippen LogP contribution in [0, 0.1) is 0 Å². The van der Waals surface area contributed by atoms with Crippen molar-refractivity contribution in [3.8, 4) is 0 Å². The van der Waals surface area contributed by atoms with Crippen molar-refractivity contribution in [3.63, 3.8) is 0 Å². The molecule has 3 aromatic heterocycles. The average molecular weight is 548 g/mol. The molecule has 5 heterocycles. The molecule has 7 rings (SSSR count). The van der Waals surface area contributed by atoms with Gasteiger partial charge >= 0.3 is 0 Å². The van der Waals surface area contributed by atoms with E-state index in [4.69, 9.17) is 4.74 Å². The first-order chi connectivity index (χ1) is 20.1. The van der Waals surface area contributed by atoms with Gasteiger partial charge in [-0.15, -0.1) is 10.2 Å². The lowest BCUT2D eigenvalue weighted by Gasteiger charge is -2.41. The van der Waals surface area contributed by atoms with Gasteiger partial charge < -0.3 is 19.0 Å². The van der Waals surface area contributed by atoms with Crippen LogP contribution in [0.25, 0.3) is 5.65 Å². The van der Waals surface area contributed by atoms with Gasteiger partial charge in [-0.25, -0.2) is 4.98 Å². The van der Waals surface area contributed by atoms with Crippen LogP contribution in [0.3, 0.4) is 0 Å². The summed E-state index contributed by atoms with van der Waals surface area (Å²) in [7, 11) is 1.95. The van der Waals surface area contributed by atoms with Crippen LogP contribution in [0.5, 0.6) is 0 Å². The van der Waals surface area contributed by atoms with Gasteiger partial charge in [0.1, 0.15) is 17.8 Å². The molecule has 5 aromatic rings. The molecule has 2 aliphatic rings. The molecule has 0 saturated carbocycles. The molecule has 0 unspecified atom stereocenters. The van der Waals surface area contributed by atoms with Crippen molar-refractivity contribution < 1.29 is 9.53 Å². The Kier molecular flexibility index (Phi) is 6.60. The zero-order chi connectivity index (χ0) is 27.8. The highest BCUT2D eigenvalue weighted by atomic mass is 16.5. The summed E-state index contributed by atoms with van der Waals surface area (Å²) in [6.07, 6.45) is 9.31. The lowest BCUT2D eigenvalue weighted by Crippen LogP contribution is -2.49. The quantitative estimate of drug-likeness (QED) is 0.313. The van der Waals surface area contributed by atoms with Crippen LogP contribution >= 0.6 is 0 Å². The lowest BCUT2D eigenvalue weighted by atomic mass is 9.75. The Balaban J connectivity index is 1.10. The van der Waals surface area contributed by atoms with E-state index >= 15 is 0 Å². The number of fused-ring (bicyclic) bond motifs is 1. The average Bonchev–Trinajstić information content (AvgIpc) is 3.72. The topological polar surface area (TPSA) is 89.6 Å². The number of benzene rings is 2. The standard InChI is InChI=1S/C32H33N7O2/c1-37-22-34-36-29(37)16-32(20-41-21-32)26-8-5-9-27(15-26)35-31(40)28-14-23(18-39-13-11-33-30(28)39)17-38-12-10-25(19-38)24-6-3-2-4-7-24/h2-9,11,13-15,18,22,25H,10,12,16-17,19-21H2,1H3,(H,35,40)/t25-/m0/s1. The number of nitrogens with zero attached hydrogens (tertiary/aromatic N) is 6. The molecule has 208 valence electrons. The molecule has 1 amide bonds. The van der Waals surface area contributed by atoms with E-state index in [1.54, 1.807) is 12.5 Å². The number of hydrogen-bond acceptors (Lipinski definition) is 6. The highest BCUT2D eigenvalue weighted by molar-refractivity contribution is 6.08. The molecule has 0 spiro atoms. The number of amides is 1. The molecule has 2 aliphatic heterocycles. The Morgan fingerprint density at radius 2 is 2.00 bits per heavy atom. The van der Waals surface area contributed by atoms with E-state index in [0.29, 0.717) is 30.3 Å². The zero-order valence-corrected chi connectivity index (χ0v) is 23.1. The number of aryl methyl sites for hydroxylation is 1. The number of hydrogen-bond donors (Lipinski definition) is 1. The van der Waals surface area contributed by atoms with E-state index in [9.17, 15) is 4.79 Å². The fraction of sp³-hybridized carbons (Fsp3) is 0.312. The van der Waals surface area contributed by atoms with Crippen molar-refractivity contribution >= 4 is 17.2 Å². The Morgan fingerprint density at radius 3 is 2.78 bits per heavy atom. The van der Waals surface area contributed by atoms with Crippen LogP contribution in [0.15, 0.2) is 85.6 Å². The van der Waals surface area contributed by atoms with Gasteiger partial charge in [0.05, 0.1) is 18.8 Å². The van der Waals surface area contributed by atoms with Crippen LogP contribution in [-0.4, -0.2) is 61.3 Å². The maximum atomic E-state index is 13.7. The van der Waals surface area contributed by atoms with Crippen LogP contribution < -0.4 is 5.32 Å². The van der Waals surface area contributed by atoms with Crippen molar-refractivity contribution in [2.24, 2.45) is 7.05 Å². The third-order valence-corrected chi connectivity index (χ3v) is 8.53. The molecule has 9 heteroatoms. The van der Waals surface area contributed by atoms with Crippen molar-refractivity contribution in [3.05, 3.63) is 114 Å². The molecular formula is C32H33N7O2. The molecule has 2 aromatic carbocycles. The van der Waals surface area contributed by atoms with Gasteiger partial charge in [0.2, 0.25) is 0 Å². The summed E-state index contributed by atoms with van der Waals surface area (Å²) in [4.78, 5) is 20.6. The number of anilines is 1. The largest absolute Gasteiger partial charge is 0.379 e. The molecule has 0 bridgehead atoms. The minimum Gasteiger partial charge on any atom is -0.379 e. The maximum Gasteiger partial charge on any atom is 0.259 e. The smallest absolute Gasteiger partial charge is 0.259 e. The molecule has 1 atom stereocenters. The van der Waals surface area contributed by atoms with Gasteiger partial charge in [0, 0.05) is 56.3 Å². The third-order valence-electron chi connectivity index (χ3n) is 8.53. The van der Waals surface area contributed by atoms with Crippen molar-refractivity contribution in [2.75, 3.05) is 31.6 Å². The summed E-state index contributed by atoms with van der Waals surface area (Å²) in [6.45, 7) is 4.05. The molecule has 1 N–H and O–H groups in total. The Bertz CT molecular complexity index is 1690. The number of imidazole rings is 1. The van der Waals surface area contributed by atoms with Crippen LogP contribution in [0.1, 0.15) is 45.2 Å². The Labute approximate surface area is 238 Å². The Morgan fingerprint density at radius 1 is 1.12 bits per heavy atom. The number of ether oxygens (including phenoxy) is 1. The minimum absolute atomic E-state index is 0.170. The maximum absolute atomic E-state index is 13.7. The summed E-state index contributed by atoms with van der Waals surface area (Å²) in [5.41, 5.74) is 5.38. The molecule has 2 saturated heterocycles. The van der Waals surface area contributed by atoms with E-state index in [-0.39, 0.29) is 11.3 Å². The van der Waals surface area contributed by atoms with E-state index in [1.165, 1.54) is 5.56 Å². The number of pyridine rings is 1. The molecule has 0 radical (unpaired) electrons. The number of aromatic nitrogens is 5. The highest BCUT2D eigenvalue weighted by Gasteiger charge is 2.41. The fourth-order valence-electron chi connectivity index (χ4n) is 6.19. The predicted molar refractivity (Wildman–Crippen MR) is 156 cm³/mol. The molecule has 9 nitrogen and oxygen atoms in total. The minimum atomic E-state index is -0.189. The first kappa shape index (κ1) is 25.6. The van der Waals surface area contributed by atoms with E-state index in [2.05, 4.69) is 74.1 Å². The first-order valence-electron chi connectivity index (χ1n) is 14.1. The number of rotatable bonds is 8. The molecular weight excluding hydrogens is 514 g/mol. The van der Waals surface area contributed by atoms with Crippen molar-refractivity contribution in [1.82, 2.24) is 29.0 Å². The zero-order valence-electron chi connectivity index (χ0n) is 23.1. The molecule has 41 heavy (non-hydrogen) atoms. The lowest BCUT2D eigenvalue weighted by molar-refractivity contribution is -0.0610. The number of nitrogens with one attached hydrogen (secondary N) is 1. The van der Waals surface area contributed by atoms with Gasteiger partial charge in [-0.3, -0.25) is 9.69 Å². The van der Waals surface area contributed by atoms with Gasteiger partial charge in [-0.05, 0) is 53.8 Å². The highest BCUT2D eigenvalue weighted by Crippen LogP contribution is 2.36. The SMILES string of the molecule is Cn1cnnc1CC1(c2cccc(NC(=O)c3cc(CN4CC[C@H](c5ccccc5)C4)cn4ccnc34)c2)COC1. The van der Waals surface area contributed by atoms with Crippen molar-refractivity contribution in [2.45, 2.75) is 30.7 Å². The monoisotopic (exact) mass is 547 g/mol. The second-order valence-corrected chi connectivity index (χ2v) is 11.4. The predicted octanol–water partition coefficient (Wildman–Crippen LogP) is 4.22. The summed E-state index contributed by atoms with van der Waals surface area (Å²) < 4.78 is 9.54. The first-order valence-corrected chi connectivity index (χ1v) is 14.1. The fourth-order valence-corrected chi connectivity index (χ4v) is 6.19. The second kappa shape index (κ2) is 10.6. The second-order valence-electron chi connectivity index (χ2n) is 11.4. The summed E-state index contributed by atoms with van der Waals surface area (Å²) >= 11 is 0. The summed E-state index contributed by atoms with van der Waals surface area (Å²) in [5, 5.41) is 11.5. The molecule has 0 aliphatic carbocycles. The summed E-state index contributed by atoms with van der Waals surface area (Å²) in [5.74, 6) is 1.28. The number of carbonyl (C=O) groups is 1. The van der Waals surface area contributed by atoms with Gasteiger partial charge in [0.15, 0.2) is 0 Å². The van der Waals surface area contributed by atoms with Gasteiger partial charge in [0.25, 0.3) is 5.91 Å². The Hall–Kier alpha value is -4.34. The van der Waals surface area contributed by atoms with Crippen molar-refractivity contribution in [1.29, 1.82) is 0 Å². The number of likely N-dealkylation sites (tertiary alicyclic amines) is 1. The van der Waals surface area contributed by atoms with Gasteiger partial charge in [-0.2, -0.15) is 0 Å². The number of carbonyl (C=O) groups excluding carboxylic acids is 1.